The van der Waals surface area contributed by atoms with Crippen LogP contribution < -0.4 is 4.74 Å². The van der Waals surface area contributed by atoms with Crippen LogP contribution in [-0.2, 0) is 4.79 Å². The normalized spacial score (nSPS) is 10.3. The molecule has 0 radical (unpaired) electrons. The van der Waals surface area contributed by atoms with Crippen molar-refractivity contribution < 1.29 is 9.53 Å². The third-order valence-corrected chi connectivity index (χ3v) is 2.77. The van der Waals surface area contributed by atoms with E-state index in [0.29, 0.717) is 17.7 Å². The number of carbonyl (C=O) groups excluding carboxylic acids is 1. The standard InChI is InChI=1S/C16H16O2/c1-3-6-12(2)16(17)18-15-10-9-13-7-4-5-8-14(13)11-15/h4-5,7-11H,2-3,6H2,1H3. The molecule has 2 nitrogen and oxygen atoms in total. The Hall–Kier alpha value is -2.09. The molecule has 0 saturated heterocycles. The van der Waals surface area contributed by atoms with E-state index in [2.05, 4.69) is 6.58 Å². The van der Waals surface area contributed by atoms with Crippen LogP contribution in [0, 0.1) is 0 Å². The average molecular weight is 240 g/mol. The van der Waals surface area contributed by atoms with Crippen molar-refractivity contribution in [3.8, 4) is 5.75 Å². The summed E-state index contributed by atoms with van der Waals surface area (Å²) in [4.78, 5) is 11.7. The van der Waals surface area contributed by atoms with E-state index in [1.54, 1.807) is 6.07 Å². The van der Waals surface area contributed by atoms with Gasteiger partial charge in [-0.1, -0.05) is 50.3 Å². The Morgan fingerprint density at radius 3 is 2.61 bits per heavy atom. The minimum Gasteiger partial charge on any atom is -0.423 e. The Balaban J connectivity index is 2.17. The molecule has 2 aromatic carbocycles. The number of carbonyl (C=O) groups is 1. The maximum Gasteiger partial charge on any atom is 0.338 e. The van der Waals surface area contributed by atoms with E-state index < -0.39 is 0 Å². The van der Waals surface area contributed by atoms with Crippen LogP contribution in [0.4, 0.5) is 0 Å². The Morgan fingerprint density at radius 1 is 1.17 bits per heavy atom. The van der Waals surface area contributed by atoms with Crippen molar-refractivity contribution in [2.45, 2.75) is 19.8 Å². The van der Waals surface area contributed by atoms with E-state index in [1.165, 1.54) is 0 Å². The van der Waals surface area contributed by atoms with Crippen LogP contribution in [0.2, 0.25) is 0 Å². The number of hydrogen-bond donors (Lipinski definition) is 0. The van der Waals surface area contributed by atoms with Crippen LogP contribution in [0.5, 0.6) is 5.75 Å². The second-order valence-electron chi connectivity index (χ2n) is 4.25. The molecule has 92 valence electrons. The summed E-state index contributed by atoms with van der Waals surface area (Å²) in [6.45, 7) is 5.74. The van der Waals surface area contributed by atoms with Gasteiger partial charge in [0.05, 0.1) is 0 Å². The molecule has 2 aromatic rings. The summed E-state index contributed by atoms with van der Waals surface area (Å²) >= 11 is 0. The lowest BCUT2D eigenvalue weighted by Gasteiger charge is -2.06. The molecule has 2 heteroatoms. The van der Waals surface area contributed by atoms with Crippen LogP contribution in [0.15, 0.2) is 54.6 Å². The van der Waals surface area contributed by atoms with Crippen molar-refractivity contribution in [2.75, 3.05) is 0 Å². The zero-order valence-electron chi connectivity index (χ0n) is 10.5. The van der Waals surface area contributed by atoms with Gasteiger partial charge < -0.3 is 4.74 Å². The van der Waals surface area contributed by atoms with Crippen LogP contribution in [0.1, 0.15) is 19.8 Å². The minimum absolute atomic E-state index is 0.341. The van der Waals surface area contributed by atoms with E-state index in [0.717, 1.165) is 17.2 Å². The molecule has 0 heterocycles. The van der Waals surface area contributed by atoms with Crippen molar-refractivity contribution in [1.29, 1.82) is 0 Å². The van der Waals surface area contributed by atoms with E-state index in [9.17, 15) is 4.79 Å². The third-order valence-electron chi connectivity index (χ3n) is 2.77. The summed E-state index contributed by atoms with van der Waals surface area (Å²) in [6.07, 6.45) is 1.57. The fourth-order valence-corrected chi connectivity index (χ4v) is 1.81. The number of benzene rings is 2. The number of ether oxygens (including phenoxy) is 1. The van der Waals surface area contributed by atoms with Gasteiger partial charge in [-0.3, -0.25) is 0 Å². The molecular formula is C16H16O2. The van der Waals surface area contributed by atoms with Gasteiger partial charge >= 0.3 is 5.97 Å². The number of esters is 1. The lowest BCUT2D eigenvalue weighted by atomic mass is 10.1. The van der Waals surface area contributed by atoms with Gasteiger partial charge in [0.1, 0.15) is 5.75 Å². The summed E-state index contributed by atoms with van der Waals surface area (Å²) in [5, 5.41) is 2.19. The van der Waals surface area contributed by atoms with Crippen molar-refractivity contribution in [3.63, 3.8) is 0 Å². The fraction of sp³-hybridized carbons (Fsp3) is 0.188. The maximum absolute atomic E-state index is 11.7. The van der Waals surface area contributed by atoms with Gasteiger partial charge in [0, 0.05) is 5.57 Å². The van der Waals surface area contributed by atoms with E-state index in [1.807, 2.05) is 43.3 Å². The van der Waals surface area contributed by atoms with Crippen LogP contribution in [0.25, 0.3) is 10.8 Å². The molecule has 0 unspecified atom stereocenters. The predicted octanol–water partition coefficient (Wildman–Crippen LogP) is 4.10. The zero-order chi connectivity index (χ0) is 13.0. The second kappa shape index (κ2) is 5.50. The SMILES string of the molecule is C=C(CCC)C(=O)Oc1ccc2ccccc2c1. The van der Waals surface area contributed by atoms with E-state index >= 15 is 0 Å². The highest BCUT2D eigenvalue weighted by atomic mass is 16.5. The molecule has 0 amide bonds. The fourth-order valence-electron chi connectivity index (χ4n) is 1.81. The highest BCUT2D eigenvalue weighted by Crippen LogP contribution is 2.21. The summed E-state index contributed by atoms with van der Waals surface area (Å²) < 4.78 is 5.30. The molecule has 0 bridgehead atoms. The molecular weight excluding hydrogens is 224 g/mol. The van der Waals surface area contributed by atoms with Crippen molar-refractivity contribution in [2.24, 2.45) is 0 Å². The molecule has 0 aliphatic carbocycles. The molecule has 0 N–H and O–H groups in total. The first-order chi connectivity index (χ1) is 8.70. The second-order valence-corrected chi connectivity index (χ2v) is 4.25. The molecule has 0 saturated carbocycles. The van der Waals surface area contributed by atoms with Gasteiger partial charge in [0.2, 0.25) is 0 Å². The lowest BCUT2D eigenvalue weighted by Crippen LogP contribution is -2.10. The molecule has 2 rings (SSSR count). The minimum atomic E-state index is -0.341. The Kier molecular flexibility index (Phi) is 3.78. The van der Waals surface area contributed by atoms with Gasteiger partial charge in [0.25, 0.3) is 0 Å². The predicted molar refractivity (Wildman–Crippen MR) is 73.6 cm³/mol. The smallest absolute Gasteiger partial charge is 0.338 e. The highest BCUT2D eigenvalue weighted by molar-refractivity contribution is 5.90. The Bertz CT molecular complexity index is 584. The van der Waals surface area contributed by atoms with Crippen molar-refractivity contribution >= 4 is 16.7 Å². The van der Waals surface area contributed by atoms with Gasteiger partial charge in [-0.05, 0) is 29.3 Å². The molecule has 0 aliphatic heterocycles. The Morgan fingerprint density at radius 2 is 1.89 bits per heavy atom. The largest absolute Gasteiger partial charge is 0.423 e. The van der Waals surface area contributed by atoms with Crippen LogP contribution >= 0.6 is 0 Å². The first-order valence-corrected chi connectivity index (χ1v) is 6.09. The molecule has 0 spiro atoms. The average Bonchev–Trinajstić information content (AvgIpc) is 2.39. The highest BCUT2D eigenvalue weighted by Gasteiger charge is 2.09. The molecule has 18 heavy (non-hydrogen) atoms. The third kappa shape index (κ3) is 2.77. The molecule has 0 atom stereocenters. The summed E-state index contributed by atoms with van der Waals surface area (Å²) in [7, 11) is 0. The van der Waals surface area contributed by atoms with E-state index in [-0.39, 0.29) is 5.97 Å². The van der Waals surface area contributed by atoms with Crippen LogP contribution in [-0.4, -0.2) is 5.97 Å². The number of fused-ring (bicyclic) bond motifs is 1. The molecule has 0 fully saturated rings. The topological polar surface area (TPSA) is 26.3 Å². The summed E-state index contributed by atoms with van der Waals surface area (Å²) in [5.74, 6) is 0.225. The van der Waals surface area contributed by atoms with Gasteiger partial charge in [-0.15, -0.1) is 0 Å². The number of hydrogen-bond acceptors (Lipinski definition) is 2. The van der Waals surface area contributed by atoms with Gasteiger partial charge in [0.15, 0.2) is 0 Å². The summed E-state index contributed by atoms with van der Waals surface area (Å²) in [5.41, 5.74) is 0.519. The zero-order valence-corrected chi connectivity index (χ0v) is 10.5. The first kappa shape index (κ1) is 12.4. The monoisotopic (exact) mass is 240 g/mol. The quantitative estimate of drug-likeness (QED) is 0.457. The maximum atomic E-state index is 11.7. The first-order valence-electron chi connectivity index (χ1n) is 6.09. The van der Waals surface area contributed by atoms with Crippen molar-refractivity contribution in [1.82, 2.24) is 0 Å². The summed E-state index contributed by atoms with van der Waals surface area (Å²) in [6, 6.07) is 13.6. The number of rotatable bonds is 4. The molecule has 0 aliphatic rings. The van der Waals surface area contributed by atoms with Crippen molar-refractivity contribution in [3.05, 3.63) is 54.6 Å². The lowest BCUT2D eigenvalue weighted by molar-refractivity contribution is -0.130. The van der Waals surface area contributed by atoms with Gasteiger partial charge in [-0.2, -0.15) is 0 Å². The molecule has 0 aromatic heterocycles. The van der Waals surface area contributed by atoms with Gasteiger partial charge in [-0.25, -0.2) is 4.79 Å². The van der Waals surface area contributed by atoms with E-state index in [4.69, 9.17) is 4.74 Å². The Labute approximate surface area is 107 Å². The van der Waals surface area contributed by atoms with Crippen LogP contribution in [0.3, 0.4) is 0 Å².